The fourth-order valence-electron chi connectivity index (χ4n) is 2.88. The van der Waals surface area contributed by atoms with Gasteiger partial charge in [-0.25, -0.2) is 4.39 Å². The number of nitrogens with one attached hydrogen (secondary N) is 1. The van der Waals surface area contributed by atoms with Gasteiger partial charge in [-0.3, -0.25) is 9.59 Å². The first kappa shape index (κ1) is 18.2. The minimum atomic E-state index is -0.319. The average Bonchev–Trinajstić information content (AvgIpc) is 2.67. The Labute approximate surface area is 156 Å². The van der Waals surface area contributed by atoms with Crippen molar-refractivity contribution in [2.24, 2.45) is 0 Å². The second-order valence-corrected chi connectivity index (χ2v) is 6.45. The van der Waals surface area contributed by atoms with Crippen molar-refractivity contribution in [1.82, 2.24) is 10.2 Å². The lowest BCUT2D eigenvalue weighted by atomic mass is 10.2. The van der Waals surface area contributed by atoms with Gasteiger partial charge in [0.05, 0.1) is 12.2 Å². The van der Waals surface area contributed by atoms with Crippen molar-refractivity contribution in [1.29, 1.82) is 0 Å². The zero-order valence-corrected chi connectivity index (χ0v) is 14.9. The van der Waals surface area contributed by atoms with Gasteiger partial charge < -0.3 is 15.1 Å². The summed E-state index contributed by atoms with van der Waals surface area (Å²) in [6, 6.07) is 13.1. The molecule has 0 atom stereocenters. The van der Waals surface area contributed by atoms with Crippen molar-refractivity contribution in [2.45, 2.75) is 0 Å². The molecule has 0 radical (unpaired) electrons. The maximum absolute atomic E-state index is 13.8. The van der Waals surface area contributed by atoms with Crippen molar-refractivity contribution in [3.63, 3.8) is 0 Å². The van der Waals surface area contributed by atoms with Crippen LogP contribution < -0.4 is 10.2 Å². The summed E-state index contributed by atoms with van der Waals surface area (Å²) in [4.78, 5) is 27.9. The summed E-state index contributed by atoms with van der Waals surface area (Å²) in [5.74, 6) is -0.733. The highest BCUT2D eigenvalue weighted by molar-refractivity contribution is 6.30. The molecule has 1 fully saturated rings. The van der Waals surface area contributed by atoms with Crippen LogP contribution in [0.4, 0.5) is 10.1 Å². The lowest BCUT2D eigenvalue weighted by molar-refractivity contribution is -0.130. The number of hydrogen-bond acceptors (Lipinski definition) is 3. The summed E-state index contributed by atoms with van der Waals surface area (Å²) in [7, 11) is 0. The van der Waals surface area contributed by atoms with Crippen molar-refractivity contribution in [3.05, 3.63) is 64.9 Å². The van der Waals surface area contributed by atoms with E-state index in [1.807, 2.05) is 4.90 Å². The molecule has 1 aliphatic heterocycles. The van der Waals surface area contributed by atoms with Crippen LogP contribution >= 0.6 is 11.6 Å². The third-order valence-corrected chi connectivity index (χ3v) is 4.58. The highest BCUT2D eigenvalue weighted by Crippen LogP contribution is 2.20. The van der Waals surface area contributed by atoms with Gasteiger partial charge in [-0.1, -0.05) is 23.7 Å². The van der Waals surface area contributed by atoms with Crippen molar-refractivity contribution >= 4 is 29.1 Å². The molecule has 1 heterocycles. The van der Waals surface area contributed by atoms with Gasteiger partial charge in [0, 0.05) is 36.8 Å². The number of piperazine rings is 1. The Hall–Kier alpha value is -2.60. The first-order valence-electron chi connectivity index (χ1n) is 8.35. The number of para-hydroxylation sites is 1. The molecule has 2 aromatic carbocycles. The molecule has 0 unspecified atom stereocenters. The molecule has 3 rings (SSSR count). The largest absolute Gasteiger partial charge is 0.366 e. The Balaban J connectivity index is 1.48. The maximum atomic E-state index is 13.8. The van der Waals surface area contributed by atoms with Gasteiger partial charge in [-0.15, -0.1) is 0 Å². The summed E-state index contributed by atoms with van der Waals surface area (Å²) < 4.78 is 13.8. The SMILES string of the molecule is O=C(NCC(=O)N1CCN(c2ccccc2F)CC1)c1ccc(Cl)cc1. The number of nitrogens with zero attached hydrogens (tertiary/aromatic N) is 2. The number of halogens is 2. The Morgan fingerprint density at radius 1 is 1.00 bits per heavy atom. The van der Waals surface area contributed by atoms with Crippen LogP contribution in [0.2, 0.25) is 5.02 Å². The van der Waals surface area contributed by atoms with Crippen LogP contribution in [0.3, 0.4) is 0 Å². The highest BCUT2D eigenvalue weighted by Gasteiger charge is 2.22. The molecule has 26 heavy (non-hydrogen) atoms. The van der Waals surface area contributed by atoms with Crippen LogP contribution in [0.1, 0.15) is 10.4 Å². The van der Waals surface area contributed by atoms with E-state index in [0.29, 0.717) is 42.5 Å². The van der Waals surface area contributed by atoms with Gasteiger partial charge in [0.25, 0.3) is 5.91 Å². The summed E-state index contributed by atoms with van der Waals surface area (Å²) in [6.45, 7) is 2.02. The van der Waals surface area contributed by atoms with E-state index in [0.717, 1.165) is 0 Å². The highest BCUT2D eigenvalue weighted by atomic mass is 35.5. The molecule has 2 amide bonds. The summed E-state index contributed by atoms with van der Waals surface area (Å²) >= 11 is 5.79. The standard InChI is InChI=1S/C19H19ClFN3O2/c20-15-7-5-14(6-8-15)19(26)22-13-18(25)24-11-9-23(10-12-24)17-4-2-1-3-16(17)21/h1-8H,9-13H2,(H,22,26). The van der Waals surface area contributed by atoms with E-state index in [4.69, 9.17) is 11.6 Å². The van der Waals surface area contributed by atoms with Crippen molar-refractivity contribution in [3.8, 4) is 0 Å². The fraction of sp³-hybridized carbons (Fsp3) is 0.263. The molecule has 0 aliphatic carbocycles. The number of anilines is 1. The quantitative estimate of drug-likeness (QED) is 0.893. The number of carbonyl (C=O) groups excluding carboxylic acids is 2. The smallest absolute Gasteiger partial charge is 0.251 e. The zero-order chi connectivity index (χ0) is 18.5. The molecular weight excluding hydrogens is 357 g/mol. The van der Waals surface area contributed by atoms with Gasteiger partial charge in [0.1, 0.15) is 5.82 Å². The number of carbonyl (C=O) groups is 2. The van der Waals surface area contributed by atoms with Crippen LogP contribution in [0, 0.1) is 5.82 Å². The molecule has 7 heteroatoms. The predicted octanol–water partition coefficient (Wildman–Crippen LogP) is 2.56. The zero-order valence-electron chi connectivity index (χ0n) is 14.1. The van der Waals surface area contributed by atoms with Gasteiger partial charge in [-0.05, 0) is 36.4 Å². The van der Waals surface area contributed by atoms with E-state index in [1.165, 1.54) is 6.07 Å². The summed E-state index contributed by atoms with van der Waals surface area (Å²) in [5.41, 5.74) is 1.00. The number of hydrogen-bond donors (Lipinski definition) is 1. The third-order valence-electron chi connectivity index (χ3n) is 4.33. The van der Waals surface area contributed by atoms with Crippen LogP contribution in [-0.4, -0.2) is 49.4 Å². The van der Waals surface area contributed by atoms with Crippen LogP contribution in [0.25, 0.3) is 0 Å². The minimum absolute atomic E-state index is 0.0683. The summed E-state index contributed by atoms with van der Waals surface area (Å²) in [5, 5.41) is 3.17. The van der Waals surface area contributed by atoms with Crippen LogP contribution in [0.5, 0.6) is 0 Å². The van der Waals surface area contributed by atoms with Crippen molar-refractivity contribution in [2.75, 3.05) is 37.6 Å². The Kier molecular flexibility index (Phi) is 5.73. The topological polar surface area (TPSA) is 52.7 Å². The molecule has 1 saturated heterocycles. The normalized spacial score (nSPS) is 14.2. The second kappa shape index (κ2) is 8.19. The molecule has 0 aromatic heterocycles. The minimum Gasteiger partial charge on any atom is -0.366 e. The average molecular weight is 376 g/mol. The molecule has 0 bridgehead atoms. The van der Waals surface area contributed by atoms with E-state index in [9.17, 15) is 14.0 Å². The molecule has 136 valence electrons. The van der Waals surface area contributed by atoms with Gasteiger partial charge in [0.2, 0.25) is 5.91 Å². The second-order valence-electron chi connectivity index (χ2n) is 6.01. The van der Waals surface area contributed by atoms with Gasteiger partial charge in [-0.2, -0.15) is 0 Å². The van der Waals surface area contributed by atoms with E-state index in [1.54, 1.807) is 47.4 Å². The van der Waals surface area contributed by atoms with Gasteiger partial charge in [0.15, 0.2) is 0 Å². The van der Waals surface area contributed by atoms with E-state index < -0.39 is 0 Å². The van der Waals surface area contributed by atoms with Crippen LogP contribution in [0.15, 0.2) is 48.5 Å². The Morgan fingerprint density at radius 2 is 1.65 bits per heavy atom. The van der Waals surface area contributed by atoms with Crippen molar-refractivity contribution < 1.29 is 14.0 Å². The molecule has 0 spiro atoms. The lowest BCUT2D eigenvalue weighted by Gasteiger charge is -2.36. The Bertz CT molecular complexity index is 790. The Morgan fingerprint density at radius 3 is 2.31 bits per heavy atom. The first-order chi connectivity index (χ1) is 12.5. The van der Waals surface area contributed by atoms with Gasteiger partial charge >= 0.3 is 0 Å². The first-order valence-corrected chi connectivity index (χ1v) is 8.73. The maximum Gasteiger partial charge on any atom is 0.251 e. The van der Waals surface area contributed by atoms with E-state index in [-0.39, 0.29) is 24.2 Å². The molecule has 0 saturated carbocycles. The lowest BCUT2D eigenvalue weighted by Crippen LogP contribution is -2.51. The summed E-state index contributed by atoms with van der Waals surface area (Å²) in [6.07, 6.45) is 0. The molecule has 1 N–H and O–H groups in total. The van der Waals surface area contributed by atoms with E-state index >= 15 is 0 Å². The number of rotatable bonds is 4. The van der Waals surface area contributed by atoms with Crippen LogP contribution in [-0.2, 0) is 4.79 Å². The fourth-order valence-corrected chi connectivity index (χ4v) is 3.00. The number of benzene rings is 2. The number of amides is 2. The molecular formula is C19H19ClFN3O2. The monoisotopic (exact) mass is 375 g/mol. The molecule has 5 nitrogen and oxygen atoms in total. The molecule has 2 aromatic rings. The predicted molar refractivity (Wildman–Crippen MR) is 99.0 cm³/mol. The van der Waals surface area contributed by atoms with E-state index in [2.05, 4.69) is 5.32 Å². The molecule has 1 aliphatic rings. The third kappa shape index (κ3) is 4.32.